The maximum absolute atomic E-state index is 12.6. The third kappa shape index (κ3) is 18.9. The highest BCUT2D eigenvalue weighted by atomic mass is 32.2. The lowest BCUT2D eigenvalue weighted by atomic mass is 9.81. The number of carbonyl (C=O) groups is 1. The molecule has 0 N–H and O–H groups in total. The largest absolute Gasteiger partial charge is 0.416 e. The lowest BCUT2D eigenvalue weighted by Crippen LogP contribution is -2.48. The summed E-state index contributed by atoms with van der Waals surface area (Å²) in [6, 6.07) is 1.57. The Bertz CT molecular complexity index is 888. The molecule has 0 atom stereocenters. The first-order valence-corrected chi connectivity index (χ1v) is 28.2. The van der Waals surface area contributed by atoms with Crippen LogP contribution < -0.4 is 0 Å². The summed E-state index contributed by atoms with van der Waals surface area (Å²) >= 11 is 1.42. The number of hydrogen-bond donors (Lipinski definition) is 0. The Balaban J connectivity index is 4.79. The minimum Gasteiger partial charge on any atom is -0.416 e. The van der Waals surface area contributed by atoms with Crippen LogP contribution in [0.1, 0.15) is 149 Å². The molecule has 0 bridgehead atoms. The van der Waals surface area contributed by atoms with Crippen molar-refractivity contribution in [3.63, 3.8) is 0 Å². The van der Waals surface area contributed by atoms with Gasteiger partial charge in [0.2, 0.25) is 0 Å². The summed E-state index contributed by atoms with van der Waals surface area (Å²) in [7, 11) is -4.64. The molecule has 0 aromatic rings. The van der Waals surface area contributed by atoms with Crippen molar-refractivity contribution in [2.45, 2.75) is 209 Å². The molecule has 0 aromatic heterocycles. The first-order valence-electron chi connectivity index (χ1n) is 20.3. The molecular weight excluding hydrogens is 708 g/mol. The van der Waals surface area contributed by atoms with Crippen LogP contribution in [0, 0.1) is 5.41 Å². The molecule has 0 heterocycles. The van der Waals surface area contributed by atoms with E-state index < -0.39 is 25.1 Å². The summed E-state index contributed by atoms with van der Waals surface area (Å²) in [5, 5.41) is 0.656. The van der Waals surface area contributed by atoms with Gasteiger partial charge in [0, 0.05) is 55.0 Å². The molecule has 0 amide bonds. The molecule has 7 nitrogen and oxygen atoms in total. The van der Waals surface area contributed by atoms with E-state index in [4.69, 9.17) is 18.1 Å². The number of unbranched alkanes of at least 4 members (excludes halogenated alkanes) is 3. The van der Waals surface area contributed by atoms with E-state index in [-0.39, 0.29) is 20.6 Å². The highest BCUT2D eigenvalue weighted by Gasteiger charge is 2.43. The molecule has 0 aliphatic heterocycles. The van der Waals surface area contributed by atoms with Gasteiger partial charge in [-0.1, -0.05) is 79.5 Å². The van der Waals surface area contributed by atoms with Crippen molar-refractivity contribution in [1.29, 1.82) is 0 Å². The molecule has 306 valence electrons. The molecule has 0 saturated carbocycles. The average molecular weight is 795 g/mol. The summed E-state index contributed by atoms with van der Waals surface area (Å²) in [6.07, 6.45) is 7.13. The van der Waals surface area contributed by atoms with Crippen LogP contribution in [0.4, 0.5) is 0 Å². The van der Waals surface area contributed by atoms with E-state index >= 15 is 0 Å². The predicted octanol–water partition coefficient (Wildman–Crippen LogP) is 12.5. The molecule has 0 aliphatic rings. The Hall–Kier alpha value is 0.644. The third-order valence-electron chi connectivity index (χ3n) is 11.1. The second kappa shape index (κ2) is 23.7. The van der Waals surface area contributed by atoms with Gasteiger partial charge < -0.3 is 18.1 Å². The fourth-order valence-electron chi connectivity index (χ4n) is 5.59. The molecule has 51 heavy (non-hydrogen) atoms. The lowest BCUT2D eigenvalue weighted by molar-refractivity contribution is -0.111. The van der Waals surface area contributed by atoms with Crippen LogP contribution in [0.25, 0.3) is 0 Å². The standard InChI is InChI=1S/C40H87N2O5PSSi2/c1-20-40(31-46-50(16,17)38(10,11)12,32-47-51(18,19)39(13,14)15)26-24-22-21-23-25-37(43)49-30-29-44-27-28-45-48(41(33(2)3)34(4)5)42(35(6)7)36(8)9/h33-36H,20-32H2,1-19H3. The first-order chi connectivity index (χ1) is 23.2. The summed E-state index contributed by atoms with van der Waals surface area (Å²) in [5.41, 5.74) is 0.0359. The Morgan fingerprint density at radius 3 is 1.49 bits per heavy atom. The molecule has 0 unspecified atom stereocenters. The zero-order chi connectivity index (χ0) is 39.8. The van der Waals surface area contributed by atoms with Crippen LogP contribution in [0.3, 0.4) is 0 Å². The normalized spacial score (nSPS) is 14.2. The van der Waals surface area contributed by atoms with E-state index in [1.165, 1.54) is 11.8 Å². The lowest BCUT2D eigenvalue weighted by Gasteiger charge is -2.45. The van der Waals surface area contributed by atoms with Gasteiger partial charge in [-0.25, -0.2) is 9.34 Å². The summed E-state index contributed by atoms with van der Waals surface area (Å²) in [5.74, 6) is 0.698. The van der Waals surface area contributed by atoms with Gasteiger partial charge in [0.05, 0.1) is 19.8 Å². The van der Waals surface area contributed by atoms with Gasteiger partial charge in [-0.3, -0.25) is 4.79 Å². The van der Waals surface area contributed by atoms with Gasteiger partial charge in [0.25, 0.3) is 0 Å². The summed E-state index contributed by atoms with van der Waals surface area (Å²) in [4.78, 5) is 12.6. The van der Waals surface area contributed by atoms with E-state index in [9.17, 15) is 4.79 Å². The third-order valence-corrected chi connectivity index (χ3v) is 24.0. The quantitative estimate of drug-likeness (QED) is 0.0463. The van der Waals surface area contributed by atoms with E-state index in [1.54, 1.807) is 0 Å². The monoisotopic (exact) mass is 795 g/mol. The molecule has 0 rings (SSSR count). The molecule has 11 heteroatoms. The van der Waals surface area contributed by atoms with Crippen molar-refractivity contribution in [2.24, 2.45) is 5.41 Å². The smallest absolute Gasteiger partial charge is 0.192 e. The number of rotatable bonds is 27. The Labute approximate surface area is 326 Å². The molecule has 0 radical (unpaired) electrons. The maximum atomic E-state index is 12.6. The first kappa shape index (κ1) is 51.6. The number of nitrogens with zero attached hydrogens (tertiary/aromatic N) is 2. The molecule has 0 aromatic carbocycles. The van der Waals surface area contributed by atoms with Crippen LogP contribution >= 0.6 is 20.2 Å². The van der Waals surface area contributed by atoms with Gasteiger partial charge >= 0.3 is 0 Å². The Kier molecular flexibility index (Phi) is 24.0. The van der Waals surface area contributed by atoms with Crippen LogP contribution in [-0.2, 0) is 22.9 Å². The van der Waals surface area contributed by atoms with E-state index in [0.717, 1.165) is 51.7 Å². The van der Waals surface area contributed by atoms with Gasteiger partial charge in [0.1, 0.15) is 0 Å². The van der Waals surface area contributed by atoms with Crippen LogP contribution in [0.2, 0.25) is 36.3 Å². The zero-order valence-corrected chi connectivity index (χ0v) is 41.0. The van der Waals surface area contributed by atoms with Crippen molar-refractivity contribution in [3.8, 4) is 0 Å². The molecule has 0 spiro atoms. The summed E-state index contributed by atoms with van der Waals surface area (Å²) < 4.78 is 31.2. The van der Waals surface area contributed by atoms with Gasteiger partial charge in [-0.2, -0.15) is 0 Å². The van der Waals surface area contributed by atoms with Crippen molar-refractivity contribution in [1.82, 2.24) is 9.34 Å². The fraction of sp³-hybridized carbons (Fsp3) is 0.975. The fourth-order valence-corrected chi connectivity index (χ4v) is 10.8. The number of ether oxygens (including phenoxy) is 1. The number of thioether (sulfide) groups is 1. The molecule has 0 saturated heterocycles. The van der Waals surface area contributed by atoms with E-state index in [2.05, 4.69) is 139 Å². The van der Waals surface area contributed by atoms with E-state index in [0.29, 0.717) is 56.2 Å². The van der Waals surface area contributed by atoms with Crippen molar-refractivity contribution < 1.29 is 22.9 Å². The second-order valence-electron chi connectivity index (χ2n) is 18.9. The maximum Gasteiger partial charge on any atom is 0.192 e. The Morgan fingerprint density at radius 1 is 0.667 bits per heavy atom. The van der Waals surface area contributed by atoms with Crippen molar-refractivity contribution in [3.05, 3.63) is 0 Å². The van der Waals surface area contributed by atoms with Crippen molar-refractivity contribution >= 4 is 42.0 Å². The van der Waals surface area contributed by atoms with Gasteiger partial charge in [0.15, 0.2) is 30.2 Å². The topological polar surface area (TPSA) is 60.5 Å². The minimum absolute atomic E-state index is 0.0359. The molecule has 0 fully saturated rings. The van der Waals surface area contributed by atoms with Crippen molar-refractivity contribution in [2.75, 3.05) is 38.8 Å². The second-order valence-corrected chi connectivity index (χ2v) is 31.4. The Morgan fingerprint density at radius 2 is 1.10 bits per heavy atom. The highest BCUT2D eigenvalue weighted by Crippen LogP contribution is 2.50. The van der Waals surface area contributed by atoms with Crippen LogP contribution in [-0.4, -0.2) is 94.0 Å². The minimum atomic E-state index is -1.87. The van der Waals surface area contributed by atoms with E-state index in [1.807, 2.05) is 0 Å². The number of hydrogen-bond acceptors (Lipinski definition) is 8. The molecule has 0 aliphatic carbocycles. The SMILES string of the molecule is CCC(CCCCCCC(=O)SCCOCCOP(N(C(C)C)C(C)C)N(C(C)C)C(C)C)(CO[Si](C)(C)C(C)(C)C)CO[Si](C)(C)C(C)(C)C. The van der Waals surface area contributed by atoms with Crippen LogP contribution in [0.5, 0.6) is 0 Å². The highest BCUT2D eigenvalue weighted by molar-refractivity contribution is 8.13. The zero-order valence-electron chi connectivity index (χ0n) is 37.3. The summed E-state index contributed by atoms with van der Waals surface area (Å²) in [6.45, 7) is 46.9. The molecular formula is C40H87N2O5PSSi2. The predicted molar refractivity (Wildman–Crippen MR) is 232 cm³/mol. The number of carbonyl (C=O) groups excluding carboxylic acids is 1. The average Bonchev–Trinajstić information content (AvgIpc) is 2.97. The van der Waals surface area contributed by atoms with Crippen LogP contribution in [0.15, 0.2) is 0 Å². The van der Waals surface area contributed by atoms with Gasteiger partial charge in [-0.05, 0) is 111 Å². The van der Waals surface area contributed by atoms with Gasteiger partial charge in [-0.15, -0.1) is 0 Å².